The Kier molecular flexibility index (Phi) is 8.81. The Hall–Kier alpha value is -4.09. The summed E-state index contributed by atoms with van der Waals surface area (Å²) >= 11 is 0. The molecule has 0 bridgehead atoms. The molecule has 0 saturated carbocycles. The molecule has 0 unspecified atom stereocenters. The maximum Gasteiger partial charge on any atom is 0.419 e. The third-order valence-electron chi connectivity index (χ3n) is 3.90. The molecule has 0 aliphatic heterocycles. The highest BCUT2D eigenvalue weighted by atomic mass is 16.6. The standard InChI is InChI=1S/C23H33N7O5/c1-22(2,3)34-20(31)26-11-18(28-29-19(24)25)15-7-9-17(10-8-15)33-13-16-12-30(14-27-16)21(32)35-23(4,5)6/h7-10,12,14H,11,13H2,1-6H3,(H,26,31)(H4,24,25,29)/b28-18+. The number of nitrogens with one attached hydrogen (secondary N) is 1. The van der Waals surface area contributed by atoms with Crippen LogP contribution in [0.1, 0.15) is 52.8 Å². The van der Waals surface area contributed by atoms with Gasteiger partial charge in [-0.15, -0.1) is 10.2 Å². The Bertz CT molecular complexity index is 1070. The molecule has 12 heteroatoms. The predicted molar refractivity (Wildman–Crippen MR) is 131 cm³/mol. The highest BCUT2D eigenvalue weighted by molar-refractivity contribution is 6.03. The molecule has 2 aromatic rings. The van der Waals surface area contributed by atoms with Gasteiger partial charge in [0.15, 0.2) is 0 Å². The van der Waals surface area contributed by atoms with Gasteiger partial charge < -0.3 is 31.0 Å². The topological polar surface area (TPSA) is 168 Å². The van der Waals surface area contributed by atoms with Crippen LogP contribution in [0.4, 0.5) is 9.59 Å². The van der Waals surface area contributed by atoms with Gasteiger partial charge in [-0.2, -0.15) is 0 Å². The van der Waals surface area contributed by atoms with Crippen LogP contribution in [0.25, 0.3) is 0 Å². The summed E-state index contributed by atoms with van der Waals surface area (Å²) in [5, 5.41) is 10.3. The van der Waals surface area contributed by atoms with E-state index < -0.39 is 23.4 Å². The van der Waals surface area contributed by atoms with E-state index in [2.05, 4.69) is 20.5 Å². The molecule has 1 aromatic carbocycles. The van der Waals surface area contributed by atoms with E-state index in [1.54, 1.807) is 72.0 Å². The molecule has 5 N–H and O–H groups in total. The highest BCUT2D eigenvalue weighted by Crippen LogP contribution is 2.16. The number of nitrogens with two attached hydrogens (primary N) is 2. The second kappa shape index (κ2) is 11.4. The van der Waals surface area contributed by atoms with Gasteiger partial charge in [0.05, 0.1) is 18.0 Å². The van der Waals surface area contributed by atoms with Gasteiger partial charge in [0.25, 0.3) is 0 Å². The summed E-state index contributed by atoms with van der Waals surface area (Å²) < 4.78 is 17.5. The summed E-state index contributed by atoms with van der Waals surface area (Å²) in [5.74, 6) is 0.340. The zero-order valence-corrected chi connectivity index (χ0v) is 20.9. The van der Waals surface area contributed by atoms with Crippen molar-refractivity contribution in [3.63, 3.8) is 0 Å². The van der Waals surface area contributed by atoms with Gasteiger partial charge in [-0.3, -0.25) is 0 Å². The lowest BCUT2D eigenvalue weighted by Crippen LogP contribution is -2.35. The molecule has 1 aromatic heterocycles. The van der Waals surface area contributed by atoms with Crippen LogP contribution in [0.5, 0.6) is 5.75 Å². The second-order valence-electron chi connectivity index (χ2n) is 9.49. The average molecular weight is 488 g/mol. The molecule has 0 fully saturated rings. The van der Waals surface area contributed by atoms with Crippen molar-refractivity contribution in [1.29, 1.82) is 0 Å². The largest absolute Gasteiger partial charge is 0.487 e. The van der Waals surface area contributed by atoms with Crippen molar-refractivity contribution in [3.8, 4) is 5.75 Å². The SMILES string of the molecule is CC(C)(C)OC(=O)NC/C(=N\N=C(N)N)c1ccc(OCc2cn(C(=O)OC(C)(C)C)cn2)cc1. The zero-order chi connectivity index (χ0) is 26.2. The Morgan fingerprint density at radius 2 is 1.63 bits per heavy atom. The molecular formula is C23H33N7O5. The first-order valence-electron chi connectivity index (χ1n) is 10.8. The number of nitrogens with zero attached hydrogens (tertiary/aromatic N) is 4. The number of ether oxygens (including phenoxy) is 3. The number of rotatable bonds is 7. The van der Waals surface area contributed by atoms with E-state index in [0.717, 1.165) is 0 Å². The van der Waals surface area contributed by atoms with Crippen LogP contribution in [0.15, 0.2) is 47.0 Å². The fraction of sp³-hybridized carbons (Fsp3) is 0.435. The molecule has 0 radical (unpaired) electrons. The predicted octanol–water partition coefficient (Wildman–Crippen LogP) is 2.75. The molecule has 35 heavy (non-hydrogen) atoms. The lowest BCUT2D eigenvalue weighted by atomic mass is 10.1. The molecule has 0 atom stereocenters. The first-order valence-corrected chi connectivity index (χ1v) is 10.8. The summed E-state index contributed by atoms with van der Waals surface area (Å²) in [7, 11) is 0. The van der Waals surface area contributed by atoms with Gasteiger partial charge in [0.2, 0.25) is 5.96 Å². The van der Waals surface area contributed by atoms with Crippen molar-refractivity contribution in [2.75, 3.05) is 6.54 Å². The molecule has 0 aliphatic rings. The van der Waals surface area contributed by atoms with Crippen molar-refractivity contribution in [2.45, 2.75) is 59.4 Å². The Balaban J connectivity index is 2.02. The van der Waals surface area contributed by atoms with Gasteiger partial charge in [0.1, 0.15) is 29.9 Å². The van der Waals surface area contributed by atoms with E-state index >= 15 is 0 Å². The maximum atomic E-state index is 12.1. The summed E-state index contributed by atoms with van der Waals surface area (Å²) in [4.78, 5) is 28.2. The van der Waals surface area contributed by atoms with E-state index in [4.69, 9.17) is 25.7 Å². The van der Waals surface area contributed by atoms with E-state index in [1.807, 2.05) is 0 Å². The van der Waals surface area contributed by atoms with E-state index in [9.17, 15) is 9.59 Å². The smallest absolute Gasteiger partial charge is 0.419 e. The van der Waals surface area contributed by atoms with Crippen molar-refractivity contribution in [3.05, 3.63) is 48.0 Å². The molecule has 190 valence electrons. The summed E-state index contributed by atoms with van der Waals surface area (Å²) in [6.07, 6.45) is 1.80. The van der Waals surface area contributed by atoms with E-state index in [0.29, 0.717) is 22.7 Å². The van der Waals surface area contributed by atoms with E-state index in [1.165, 1.54) is 10.9 Å². The average Bonchev–Trinajstić information content (AvgIpc) is 3.19. The van der Waals surface area contributed by atoms with Crippen molar-refractivity contribution in [1.82, 2.24) is 14.9 Å². The number of carbonyl (C=O) groups is 2. The lowest BCUT2D eigenvalue weighted by Gasteiger charge is -2.19. The monoisotopic (exact) mass is 487 g/mol. The summed E-state index contributed by atoms with van der Waals surface area (Å²) in [5.41, 5.74) is 11.1. The summed E-state index contributed by atoms with van der Waals surface area (Å²) in [6, 6.07) is 6.93. The fourth-order valence-corrected chi connectivity index (χ4v) is 2.54. The summed E-state index contributed by atoms with van der Waals surface area (Å²) in [6.45, 7) is 10.8. The van der Waals surface area contributed by atoms with Crippen LogP contribution in [0.3, 0.4) is 0 Å². The molecular weight excluding hydrogens is 454 g/mol. The van der Waals surface area contributed by atoms with Gasteiger partial charge >= 0.3 is 12.2 Å². The molecule has 0 spiro atoms. The zero-order valence-electron chi connectivity index (χ0n) is 20.9. The number of guanidine groups is 1. The van der Waals surface area contributed by atoms with Gasteiger partial charge in [-0.05, 0) is 71.4 Å². The highest BCUT2D eigenvalue weighted by Gasteiger charge is 2.19. The van der Waals surface area contributed by atoms with Crippen molar-refractivity contribution < 1.29 is 23.8 Å². The number of imidazole rings is 1. The minimum absolute atomic E-state index is 0.0357. The quantitative estimate of drug-likeness (QED) is 0.304. The van der Waals surface area contributed by atoms with Crippen LogP contribution < -0.4 is 21.5 Å². The van der Waals surface area contributed by atoms with Crippen LogP contribution >= 0.6 is 0 Å². The van der Waals surface area contributed by atoms with Crippen molar-refractivity contribution >= 4 is 23.9 Å². The molecule has 1 amide bonds. The van der Waals surface area contributed by atoms with Crippen molar-refractivity contribution in [2.24, 2.45) is 21.7 Å². The molecule has 2 rings (SSSR count). The number of benzene rings is 1. The molecule has 0 aliphatic carbocycles. The third-order valence-corrected chi connectivity index (χ3v) is 3.90. The molecule has 0 saturated heterocycles. The minimum atomic E-state index is -0.636. The first kappa shape index (κ1) is 27.2. The first-order chi connectivity index (χ1) is 16.2. The lowest BCUT2D eigenvalue weighted by molar-refractivity contribution is 0.0524. The normalized spacial score (nSPS) is 12.0. The van der Waals surface area contributed by atoms with E-state index in [-0.39, 0.29) is 19.1 Å². The minimum Gasteiger partial charge on any atom is -0.487 e. The number of hydrogen-bond acceptors (Lipinski definition) is 8. The Labute approximate surface area is 204 Å². The number of carbonyl (C=O) groups excluding carboxylic acids is 2. The maximum absolute atomic E-state index is 12.1. The number of amides is 1. The van der Waals surface area contributed by atoms with Crippen LogP contribution in [-0.4, -0.2) is 51.2 Å². The Morgan fingerprint density at radius 1 is 1.00 bits per heavy atom. The second-order valence-corrected chi connectivity index (χ2v) is 9.49. The number of alkyl carbamates (subject to hydrolysis) is 1. The molecule has 12 nitrogen and oxygen atoms in total. The van der Waals surface area contributed by atoms with Gasteiger partial charge in [-0.25, -0.2) is 19.1 Å². The third kappa shape index (κ3) is 10.2. The van der Waals surface area contributed by atoms with Crippen LogP contribution in [-0.2, 0) is 16.1 Å². The number of hydrogen-bond donors (Lipinski definition) is 3. The fourth-order valence-electron chi connectivity index (χ4n) is 2.54. The Morgan fingerprint density at radius 3 is 2.20 bits per heavy atom. The van der Waals surface area contributed by atoms with Gasteiger partial charge in [-0.1, -0.05) is 0 Å². The van der Waals surface area contributed by atoms with Crippen LogP contribution in [0.2, 0.25) is 0 Å². The molecule has 1 heterocycles. The van der Waals surface area contributed by atoms with Gasteiger partial charge in [0, 0.05) is 6.20 Å². The number of aromatic nitrogens is 2. The van der Waals surface area contributed by atoms with Crippen LogP contribution in [0, 0.1) is 0 Å².